The molecule has 0 fully saturated rings. The van der Waals surface area contributed by atoms with Gasteiger partial charge in [-0.15, -0.1) is 11.6 Å². The molecule has 0 saturated carbocycles. The summed E-state index contributed by atoms with van der Waals surface area (Å²) < 4.78 is 33.9. The first kappa shape index (κ1) is 20.0. The van der Waals surface area contributed by atoms with Crippen LogP contribution in [-0.4, -0.2) is 23.9 Å². The second-order valence-corrected chi connectivity index (χ2v) is 10.7. The molecular formula is C10H23ClO5P2S. The van der Waals surface area contributed by atoms with Crippen LogP contribution in [0.3, 0.4) is 0 Å². The fourth-order valence-corrected chi connectivity index (χ4v) is 6.57. The normalized spacial score (nSPS) is 16.3. The third-order valence-electron chi connectivity index (χ3n) is 1.42. The molecule has 9 heteroatoms. The molecule has 0 bridgehead atoms. The molecule has 116 valence electrons. The van der Waals surface area contributed by atoms with Crippen LogP contribution < -0.4 is 0 Å². The maximum Gasteiger partial charge on any atom is 0.480 e. The smallest absolute Gasteiger partial charge is 0.325 e. The molecule has 0 rings (SSSR count). The lowest BCUT2D eigenvalue weighted by Crippen LogP contribution is -2.11. The fourth-order valence-electron chi connectivity index (χ4n) is 1.12. The van der Waals surface area contributed by atoms with Gasteiger partial charge in [0.1, 0.15) is 0 Å². The van der Waals surface area contributed by atoms with E-state index in [9.17, 15) is 4.57 Å². The van der Waals surface area contributed by atoms with E-state index in [0.29, 0.717) is 0 Å². The first-order valence-electron chi connectivity index (χ1n) is 6.03. The third kappa shape index (κ3) is 8.79. The van der Waals surface area contributed by atoms with Gasteiger partial charge in [-0.05, 0) is 53.3 Å². The van der Waals surface area contributed by atoms with Crippen LogP contribution in [0, 0.1) is 0 Å². The number of hydrogen-bond acceptors (Lipinski definition) is 6. The Hall–Kier alpha value is 1.01. The standard InChI is InChI=1S/C10H23ClO5P2S/c1-8(2)13-17(19,7-11)16-18(12,14-9(3)4)15-10(5)6/h8-10H,7H2,1-6H3. The fraction of sp³-hybridized carbons (Fsp3) is 1.00. The summed E-state index contributed by atoms with van der Waals surface area (Å²) in [5.41, 5.74) is -0.0621. The van der Waals surface area contributed by atoms with Gasteiger partial charge in [-0.2, -0.15) is 0 Å². The van der Waals surface area contributed by atoms with Gasteiger partial charge in [0, 0.05) is 0 Å². The molecule has 0 saturated heterocycles. The number of alkyl halides is 1. The van der Waals surface area contributed by atoms with E-state index >= 15 is 0 Å². The zero-order valence-electron chi connectivity index (χ0n) is 12.2. The predicted octanol–water partition coefficient (Wildman–Crippen LogP) is 4.89. The van der Waals surface area contributed by atoms with Gasteiger partial charge in [-0.25, -0.2) is 8.88 Å². The molecule has 0 aliphatic heterocycles. The maximum absolute atomic E-state index is 12.5. The lowest BCUT2D eigenvalue weighted by atomic mass is 10.5. The van der Waals surface area contributed by atoms with Gasteiger partial charge in [0.05, 0.1) is 23.9 Å². The van der Waals surface area contributed by atoms with Gasteiger partial charge in [0.15, 0.2) is 0 Å². The second-order valence-electron chi connectivity index (χ2n) is 4.72. The van der Waals surface area contributed by atoms with Gasteiger partial charge in [0.2, 0.25) is 6.49 Å². The van der Waals surface area contributed by atoms with Crippen molar-refractivity contribution in [2.45, 2.75) is 59.9 Å². The van der Waals surface area contributed by atoms with Crippen LogP contribution in [0.5, 0.6) is 0 Å². The minimum atomic E-state index is -3.79. The third-order valence-corrected chi connectivity index (χ3v) is 8.23. The first-order chi connectivity index (χ1) is 8.52. The van der Waals surface area contributed by atoms with Crippen molar-refractivity contribution < 1.29 is 22.4 Å². The van der Waals surface area contributed by atoms with E-state index in [0.717, 1.165) is 0 Å². The molecular weight excluding hydrogens is 330 g/mol. The molecule has 1 atom stereocenters. The number of phosphoric ester groups is 1. The van der Waals surface area contributed by atoms with Crippen molar-refractivity contribution in [2.24, 2.45) is 0 Å². The molecule has 5 nitrogen and oxygen atoms in total. The highest BCUT2D eigenvalue weighted by molar-refractivity contribution is 8.11. The molecule has 0 aromatic heterocycles. The van der Waals surface area contributed by atoms with Crippen molar-refractivity contribution in [1.82, 2.24) is 0 Å². The van der Waals surface area contributed by atoms with Crippen LogP contribution in [0.1, 0.15) is 41.5 Å². The molecule has 0 radical (unpaired) electrons. The molecule has 1 unspecified atom stereocenters. The summed E-state index contributed by atoms with van der Waals surface area (Å²) in [6.07, 6.45) is -0.846. The summed E-state index contributed by atoms with van der Waals surface area (Å²) in [6.45, 7) is 7.61. The molecule has 19 heavy (non-hydrogen) atoms. The van der Waals surface area contributed by atoms with Crippen molar-refractivity contribution in [3.8, 4) is 0 Å². The molecule has 0 aromatic carbocycles. The van der Waals surface area contributed by atoms with Crippen molar-refractivity contribution in [2.75, 3.05) is 5.62 Å². The van der Waals surface area contributed by atoms with Crippen LogP contribution in [0.25, 0.3) is 0 Å². The van der Waals surface area contributed by atoms with Gasteiger partial charge < -0.3 is 4.52 Å². The average Bonchev–Trinajstić information content (AvgIpc) is 2.11. The van der Waals surface area contributed by atoms with E-state index in [-0.39, 0.29) is 23.9 Å². The molecule has 0 amide bonds. The van der Waals surface area contributed by atoms with Crippen molar-refractivity contribution in [1.29, 1.82) is 0 Å². The summed E-state index contributed by atoms with van der Waals surface area (Å²) in [7, 11) is -3.79. The molecule has 0 spiro atoms. The van der Waals surface area contributed by atoms with Crippen LogP contribution in [0.2, 0.25) is 0 Å². The lowest BCUT2D eigenvalue weighted by molar-refractivity contribution is 0.100. The zero-order valence-corrected chi connectivity index (χ0v) is 15.5. The monoisotopic (exact) mass is 352 g/mol. The minimum Gasteiger partial charge on any atom is -0.325 e. The van der Waals surface area contributed by atoms with Gasteiger partial charge in [0.25, 0.3) is 0 Å². The average molecular weight is 353 g/mol. The topological polar surface area (TPSA) is 54.0 Å². The highest BCUT2D eigenvalue weighted by atomic mass is 35.5. The van der Waals surface area contributed by atoms with Gasteiger partial charge in [-0.1, -0.05) is 0 Å². The highest BCUT2D eigenvalue weighted by Gasteiger charge is 2.37. The Balaban J connectivity index is 5.07. The van der Waals surface area contributed by atoms with Crippen molar-refractivity contribution in [3.63, 3.8) is 0 Å². The number of phosphoric acid groups is 1. The van der Waals surface area contributed by atoms with E-state index in [4.69, 9.17) is 41.3 Å². The summed E-state index contributed by atoms with van der Waals surface area (Å²) in [6, 6.07) is 0. The maximum atomic E-state index is 12.5. The summed E-state index contributed by atoms with van der Waals surface area (Å²) in [4.78, 5) is 0. The lowest BCUT2D eigenvalue weighted by Gasteiger charge is -2.28. The number of rotatable bonds is 9. The molecule has 0 aliphatic rings. The quantitative estimate of drug-likeness (QED) is 0.435. The van der Waals surface area contributed by atoms with Crippen LogP contribution in [0.4, 0.5) is 0 Å². The summed E-state index contributed by atoms with van der Waals surface area (Å²) >= 11 is 11.0. The molecule has 0 heterocycles. The summed E-state index contributed by atoms with van der Waals surface area (Å²) in [5.74, 6) is 0. The van der Waals surface area contributed by atoms with Crippen molar-refractivity contribution >= 4 is 37.7 Å². The van der Waals surface area contributed by atoms with Crippen LogP contribution >= 0.6 is 25.9 Å². The first-order valence-corrected chi connectivity index (χ1v) is 10.9. The van der Waals surface area contributed by atoms with Crippen LogP contribution in [-0.2, 0) is 34.3 Å². The Kier molecular flexibility index (Phi) is 8.90. The summed E-state index contributed by atoms with van der Waals surface area (Å²) in [5, 5.41) is 0. The van der Waals surface area contributed by atoms with Gasteiger partial charge in [-0.3, -0.25) is 9.05 Å². The number of halogens is 1. The Bertz CT molecular complexity index is 348. The zero-order chi connectivity index (χ0) is 15.3. The number of hydrogen-bond donors (Lipinski definition) is 0. The Morgan fingerprint density at radius 1 is 0.947 bits per heavy atom. The van der Waals surface area contributed by atoms with E-state index < -0.39 is 14.3 Å². The highest BCUT2D eigenvalue weighted by Crippen LogP contribution is 2.67. The largest absolute Gasteiger partial charge is 0.480 e. The van der Waals surface area contributed by atoms with Gasteiger partial charge >= 0.3 is 7.82 Å². The van der Waals surface area contributed by atoms with E-state index in [1.165, 1.54) is 0 Å². The minimum absolute atomic E-state index is 0.0621. The van der Waals surface area contributed by atoms with E-state index in [2.05, 4.69) is 0 Å². The second kappa shape index (κ2) is 8.45. The predicted molar refractivity (Wildman–Crippen MR) is 82.4 cm³/mol. The van der Waals surface area contributed by atoms with Crippen LogP contribution in [0.15, 0.2) is 0 Å². The molecule has 0 N–H and O–H groups in total. The van der Waals surface area contributed by atoms with E-state index in [1.807, 2.05) is 0 Å². The Morgan fingerprint density at radius 3 is 1.58 bits per heavy atom. The SMILES string of the molecule is CC(C)OP(=O)(OC(C)C)OP(=S)(CCl)OC(C)C. The Morgan fingerprint density at radius 2 is 1.32 bits per heavy atom. The van der Waals surface area contributed by atoms with Crippen molar-refractivity contribution in [3.05, 3.63) is 0 Å². The van der Waals surface area contributed by atoms with E-state index in [1.54, 1.807) is 41.5 Å². The Labute approximate surface area is 126 Å². The molecule has 0 aromatic rings. The molecule has 0 aliphatic carbocycles.